The molecule has 0 aliphatic rings. The van der Waals surface area contributed by atoms with Gasteiger partial charge in [-0.15, -0.1) is 0 Å². The summed E-state index contributed by atoms with van der Waals surface area (Å²) in [6.07, 6.45) is 4.68. The number of ether oxygens (including phenoxy) is 2. The molecule has 1 rings (SSSR count). The maximum absolute atomic E-state index is 12.7. The Balaban J connectivity index is 2.91. The Morgan fingerprint density at radius 2 is 1.73 bits per heavy atom. The van der Waals surface area contributed by atoms with Crippen molar-refractivity contribution >= 4 is 20.0 Å². The number of benzene rings is 1. The highest BCUT2D eigenvalue weighted by atomic mass is 28.3. The molecule has 0 aliphatic carbocycles. The first-order valence-corrected chi connectivity index (χ1v) is 12.9. The van der Waals surface area contributed by atoms with E-state index < -0.39 is 26.1 Å². The van der Waals surface area contributed by atoms with Gasteiger partial charge in [0.1, 0.15) is 6.10 Å². The van der Waals surface area contributed by atoms with Crippen molar-refractivity contribution in [1.82, 2.24) is 0 Å². The van der Waals surface area contributed by atoms with Gasteiger partial charge in [0.2, 0.25) is 6.10 Å². The van der Waals surface area contributed by atoms with E-state index in [1.807, 2.05) is 24.3 Å². The van der Waals surface area contributed by atoms with E-state index >= 15 is 0 Å². The highest BCUT2D eigenvalue weighted by Crippen LogP contribution is 2.22. The van der Waals surface area contributed by atoms with Crippen LogP contribution in [0.4, 0.5) is 0 Å². The Labute approximate surface area is 158 Å². The third kappa shape index (κ3) is 8.99. The second kappa shape index (κ2) is 11.0. The van der Waals surface area contributed by atoms with Gasteiger partial charge < -0.3 is 9.47 Å². The summed E-state index contributed by atoms with van der Waals surface area (Å²) < 4.78 is 11.0. The summed E-state index contributed by atoms with van der Waals surface area (Å²) in [7, 11) is -1.39. The summed E-state index contributed by atoms with van der Waals surface area (Å²) in [5.41, 5.74) is 2.81. The van der Waals surface area contributed by atoms with Crippen LogP contribution < -0.4 is 0 Å². The number of carbonyl (C=O) groups excluding carboxylic acids is 2. The van der Waals surface area contributed by atoms with Gasteiger partial charge >= 0.3 is 11.9 Å². The Morgan fingerprint density at radius 1 is 1.08 bits per heavy atom. The fourth-order valence-electron chi connectivity index (χ4n) is 2.44. The highest BCUT2D eigenvalue weighted by Gasteiger charge is 2.27. The summed E-state index contributed by atoms with van der Waals surface area (Å²) in [4.78, 5) is 24.2. The van der Waals surface area contributed by atoms with E-state index in [1.54, 1.807) is 12.1 Å². The molecule has 0 amide bonds. The molecule has 0 bridgehead atoms. The Kier molecular flexibility index (Phi) is 9.34. The molecule has 0 N–H and O–H groups in total. The van der Waals surface area contributed by atoms with Crippen molar-refractivity contribution in [1.29, 1.82) is 0 Å². The molecule has 5 heteroatoms. The van der Waals surface area contributed by atoms with Crippen LogP contribution in [-0.2, 0) is 19.1 Å². The monoisotopic (exact) mass is 376 g/mol. The van der Waals surface area contributed by atoms with Crippen LogP contribution in [-0.4, -0.2) is 26.1 Å². The predicted octanol–water partition coefficient (Wildman–Crippen LogP) is 5.22. The first-order valence-electron chi connectivity index (χ1n) is 9.35. The van der Waals surface area contributed by atoms with Crippen molar-refractivity contribution in [3.8, 4) is 0 Å². The SMILES string of the molecule is CCCCC[C@@H](/C=C/[Si](C)(C)C)OC(=O)[C@@H](OC(C)=O)c1ccccc1. The van der Waals surface area contributed by atoms with E-state index in [2.05, 4.69) is 32.3 Å². The molecule has 0 radical (unpaired) electrons. The molecule has 0 fully saturated rings. The molecular weight excluding hydrogens is 344 g/mol. The topological polar surface area (TPSA) is 52.6 Å². The zero-order valence-corrected chi connectivity index (χ0v) is 17.7. The van der Waals surface area contributed by atoms with Crippen LogP contribution >= 0.6 is 0 Å². The number of carbonyl (C=O) groups is 2. The highest BCUT2D eigenvalue weighted by molar-refractivity contribution is 6.80. The maximum Gasteiger partial charge on any atom is 0.352 e. The zero-order valence-electron chi connectivity index (χ0n) is 16.7. The second-order valence-corrected chi connectivity index (χ2v) is 12.7. The normalized spacial score (nSPS) is 14.0. The van der Waals surface area contributed by atoms with Gasteiger partial charge in [0, 0.05) is 12.5 Å². The smallest absolute Gasteiger partial charge is 0.352 e. The molecule has 0 aliphatic heterocycles. The molecule has 0 saturated heterocycles. The van der Waals surface area contributed by atoms with Gasteiger partial charge in [0.15, 0.2) is 0 Å². The third-order valence-electron chi connectivity index (χ3n) is 3.77. The van der Waals surface area contributed by atoms with Crippen molar-refractivity contribution in [2.45, 2.75) is 71.4 Å². The summed E-state index contributed by atoms with van der Waals surface area (Å²) in [5.74, 6) is -1.02. The predicted molar refractivity (Wildman–Crippen MR) is 107 cm³/mol. The van der Waals surface area contributed by atoms with E-state index in [0.29, 0.717) is 5.56 Å². The largest absolute Gasteiger partial charge is 0.455 e. The lowest BCUT2D eigenvalue weighted by atomic mass is 10.1. The van der Waals surface area contributed by atoms with Crippen LogP contribution in [0.5, 0.6) is 0 Å². The molecule has 0 saturated carbocycles. The molecule has 0 spiro atoms. The van der Waals surface area contributed by atoms with E-state index in [4.69, 9.17) is 9.47 Å². The zero-order chi connectivity index (χ0) is 19.6. The Hall–Kier alpha value is -1.88. The van der Waals surface area contributed by atoms with E-state index in [0.717, 1.165) is 25.7 Å². The van der Waals surface area contributed by atoms with Gasteiger partial charge in [-0.3, -0.25) is 4.79 Å². The minimum atomic E-state index is -1.39. The number of unbranched alkanes of at least 4 members (excludes halogenated alkanes) is 2. The summed E-state index contributed by atoms with van der Waals surface area (Å²) in [5, 5.41) is 0. The molecule has 2 atom stereocenters. The molecule has 26 heavy (non-hydrogen) atoms. The van der Waals surface area contributed by atoms with E-state index in [9.17, 15) is 9.59 Å². The second-order valence-electron chi connectivity index (χ2n) is 7.60. The molecule has 1 aromatic rings. The van der Waals surface area contributed by atoms with E-state index in [-0.39, 0.29) is 6.10 Å². The minimum absolute atomic E-state index is 0.289. The lowest BCUT2D eigenvalue weighted by Crippen LogP contribution is -2.26. The molecule has 0 heterocycles. The van der Waals surface area contributed by atoms with Crippen LogP contribution in [0.25, 0.3) is 0 Å². The summed E-state index contributed by atoms with van der Waals surface area (Å²) in [6, 6.07) is 8.99. The van der Waals surface area contributed by atoms with Crippen LogP contribution in [0.15, 0.2) is 42.1 Å². The molecule has 4 nitrogen and oxygen atoms in total. The van der Waals surface area contributed by atoms with Gasteiger partial charge in [-0.25, -0.2) is 4.79 Å². The molecule has 144 valence electrons. The average Bonchev–Trinajstić information content (AvgIpc) is 2.57. The maximum atomic E-state index is 12.7. The van der Waals surface area contributed by atoms with E-state index in [1.165, 1.54) is 6.92 Å². The van der Waals surface area contributed by atoms with Crippen molar-refractivity contribution in [3.63, 3.8) is 0 Å². The Morgan fingerprint density at radius 3 is 2.27 bits per heavy atom. The third-order valence-corrected chi connectivity index (χ3v) is 4.96. The minimum Gasteiger partial charge on any atom is -0.455 e. The average molecular weight is 377 g/mol. The van der Waals surface area contributed by atoms with Gasteiger partial charge in [-0.05, 0) is 12.8 Å². The van der Waals surface area contributed by atoms with Gasteiger partial charge in [0.25, 0.3) is 0 Å². The van der Waals surface area contributed by atoms with Crippen molar-refractivity contribution in [2.75, 3.05) is 0 Å². The molecule has 1 aromatic carbocycles. The van der Waals surface area contributed by atoms with Gasteiger partial charge in [0.05, 0.1) is 8.07 Å². The number of rotatable bonds is 10. The standard InChI is InChI=1S/C21H32O4Si/c1-6-7-9-14-19(15-16-26(3,4)5)25-21(23)20(24-17(2)22)18-12-10-8-11-13-18/h8,10-13,15-16,19-20H,6-7,9,14H2,1-5H3/b16-15+/t19-,20-/m0/s1. The van der Waals surface area contributed by atoms with Crippen molar-refractivity contribution in [2.24, 2.45) is 0 Å². The van der Waals surface area contributed by atoms with Crippen molar-refractivity contribution in [3.05, 3.63) is 47.7 Å². The Bertz CT molecular complexity index is 590. The first kappa shape index (κ1) is 22.2. The lowest BCUT2D eigenvalue weighted by molar-refractivity contribution is -0.169. The van der Waals surface area contributed by atoms with Crippen LogP contribution in [0.2, 0.25) is 19.6 Å². The number of hydrogen-bond acceptors (Lipinski definition) is 4. The van der Waals surface area contributed by atoms with Crippen LogP contribution in [0.1, 0.15) is 51.2 Å². The lowest BCUT2D eigenvalue weighted by Gasteiger charge is -2.21. The summed E-state index contributed by atoms with van der Waals surface area (Å²) in [6.45, 7) is 10.2. The van der Waals surface area contributed by atoms with Crippen LogP contribution in [0.3, 0.4) is 0 Å². The molecule has 0 aromatic heterocycles. The summed E-state index contributed by atoms with van der Waals surface area (Å²) >= 11 is 0. The quantitative estimate of drug-likeness (QED) is 0.319. The fraction of sp³-hybridized carbons (Fsp3) is 0.524. The van der Waals surface area contributed by atoms with Crippen molar-refractivity contribution < 1.29 is 19.1 Å². The first-order chi connectivity index (χ1) is 12.2. The van der Waals surface area contributed by atoms with Gasteiger partial charge in [-0.2, -0.15) is 0 Å². The molecule has 0 unspecified atom stereocenters. The van der Waals surface area contributed by atoms with Gasteiger partial charge in [-0.1, -0.05) is 81.5 Å². The molecular formula is C21H32O4Si. The fourth-order valence-corrected chi connectivity index (χ4v) is 3.23. The number of hydrogen-bond donors (Lipinski definition) is 0. The number of esters is 2. The van der Waals surface area contributed by atoms with Crippen LogP contribution in [0, 0.1) is 0 Å².